The number of anilines is 1. The van der Waals surface area contributed by atoms with Crippen LogP contribution >= 0.6 is 11.8 Å². The number of amides is 1. The van der Waals surface area contributed by atoms with Crippen molar-refractivity contribution in [2.75, 3.05) is 5.32 Å². The van der Waals surface area contributed by atoms with Gasteiger partial charge in [0.05, 0.1) is 16.6 Å². The number of nitrogens with zero attached hydrogens (tertiary/aromatic N) is 2. The van der Waals surface area contributed by atoms with Gasteiger partial charge in [0, 0.05) is 6.07 Å². The lowest BCUT2D eigenvalue weighted by molar-refractivity contribution is -0.115. The molecule has 3 rings (SSSR count). The van der Waals surface area contributed by atoms with Gasteiger partial charge in [-0.2, -0.15) is 9.78 Å². The molecule has 0 saturated carbocycles. The highest BCUT2D eigenvalue weighted by Gasteiger charge is 2.17. The number of carbonyl (C=O) groups excluding carboxylic acids is 1. The Kier molecular flexibility index (Phi) is 5.94. The van der Waals surface area contributed by atoms with Gasteiger partial charge in [-0.25, -0.2) is 4.39 Å². The van der Waals surface area contributed by atoms with Gasteiger partial charge in [-0.1, -0.05) is 30.0 Å². The molecule has 0 fully saturated rings. The Morgan fingerprint density at radius 2 is 1.86 bits per heavy atom. The average Bonchev–Trinajstić information content (AvgIpc) is 2.67. The Hall–Kier alpha value is -2.93. The van der Waals surface area contributed by atoms with Gasteiger partial charge in [0.25, 0.3) is 5.56 Å². The molecule has 0 radical (unpaired) electrons. The molecule has 0 saturated heterocycles. The third-order valence-electron chi connectivity index (χ3n) is 4.31. The van der Waals surface area contributed by atoms with Gasteiger partial charge in [-0.15, -0.1) is 0 Å². The van der Waals surface area contributed by atoms with Crippen LogP contribution in [0, 0.1) is 19.7 Å². The van der Waals surface area contributed by atoms with Crippen LogP contribution in [0.5, 0.6) is 0 Å². The van der Waals surface area contributed by atoms with Crippen LogP contribution in [0.15, 0.2) is 64.4 Å². The van der Waals surface area contributed by atoms with Crippen molar-refractivity contribution in [1.82, 2.24) is 9.78 Å². The smallest absolute Gasteiger partial charge is 0.271 e. The Morgan fingerprint density at radius 1 is 1.11 bits per heavy atom. The first-order valence-corrected chi connectivity index (χ1v) is 9.63. The Labute approximate surface area is 166 Å². The van der Waals surface area contributed by atoms with E-state index < -0.39 is 11.1 Å². The highest BCUT2D eigenvalue weighted by molar-refractivity contribution is 8.00. The molecule has 0 unspecified atom stereocenters. The van der Waals surface area contributed by atoms with Crippen LogP contribution in [0.1, 0.15) is 18.1 Å². The number of rotatable bonds is 5. The molecule has 5 nitrogen and oxygen atoms in total. The molecule has 1 N–H and O–H groups in total. The number of para-hydroxylation sites is 1. The fourth-order valence-corrected chi connectivity index (χ4v) is 3.33. The second-order valence-corrected chi connectivity index (χ2v) is 7.78. The molecule has 0 bridgehead atoms. The molecule has 7 heteroatoms. The highest BCUT2D eigenvalue weighted by Crippen LogP contribution is 2.23. The zero-order valence-corrected chi connectivity index (χ0v) is 16.6. The number of hydrogen-bond acceptors (Lipinski definition) is 4. The zero-order chi connectivity index (χ0) is 20.3. The monoisotopic (exact) mass is 397 g/mol. The van der Waals surface area contributed by atoms with Crippen LogP contribution in [0.25, 0.3) is 5.69 Å². The summed E-state index contributed by atoms with van der Waals surface area (Å²) in [4.78, 5) is 24.6. The quantitative estimate of drug-likeness (QED) is 0.658. The van der Waals surface area contributed by atoms with E-state index in [1.165, 1.54) is 34.6 Å². The van der Waals surface area contributed by atoms with Crippen molar-refractivity contribution in [1.29, 1.82) is 0 Å². The lowest BCUT2D eigenvalue weighted by Gasteiger charge is -2.13. The van der Waals surface area contributed by atoms with Crippen LogP contribution in [-0.4, -0.2) is 20.9 Å². The van der Waals surface area contributed by atoms with Gasteiger partial charge >= 0.3 is 0 Å². The lowest BCUT2D eigenvalue weighted by Crippen LogP contribution is -2.24. The van der Waals surface area contributed by atoms with E-state index in [1.54, 1.807) is 25.1 Å². The number of aromatic nitrogens is 2. The molecule has 1 aromatic heterocycles. The highest BCUT2D eigenvalue weighted by atomic mass is 32.2. The van der Waals surface area contributed by atoms with E-state index in [9.17, 15) is 14.0 Å². The SMILES string of the molecule is Cc1ccc(-n2nc(S[C@@H](C)C(=O)Nc3ccccc3F)ccc2=O)cc1C. The van der Waals surface area contributed by atoms with Crippen molar-refractivity contribution in [2.45, 2.75) is 31.0 Å². The molecule has 2 aromatic carbocycles. The van der Waals surface area contributed by atoms with Crippen molar-refractivity contribution in [3.05, 3.63) is 81.9 Å². The van der Waals surface area contributed by atoms with Crippen LogP contribution in [0.3, 0.4) is 0 Å². The topological polar surface area (TPSA) is 64.0 Å². The molecule has 1 atom stereocenters. The second kappa shape index (κ2) is 8.39. The second-order valence-electron chi connectivity index (χ2n) is 6.42. The maximum absolute atomic E-state index is 13.7. The minimum absolute atomic E-state index is 0.132. The maximum atomic E-state index is 13.7. The summed E-state index contributed by atoms with van der Waals surface area (Å²) in [7, 11) is 0. The third-order valence-corrected chi connectivity index (χ3v) is 5.34. The summed E-state index contributed by atoms with van der Waals surface area (Å²) >= 11 is 1.20. The van der Waals surface area contributed by atoms with Crippen molar-refractivity contribution >= 4 is 23.4 Å². The molecule has 144 valence electrons. The Morgan fingerprint density at radius 3 is 2.57 bits per heavy atom. The Balaban J connectivity index is 1.79. The number of hydrogen-bond donors (Lipinski definition) is 1. The van der Waals surface area contributed by atoms with E-state index >= 15 is 0 Å². The summed E-state index contributed by atoms with van der Waals surface area (Å²) < 4.78 is 15.0. The molecular weight excluding hydrogens is 377 g/mol. The molecule has 1 amide bonds. The van der Waals surface area contributed by atoms with Crippen molar-refractivity contribution in [2.24, 2.45) is 0 Å². The van der Waals surface area contributed by atoms with Gasteiger partial charge in [0.15, 0.2) is 0 Å². The van der Waals surface area contributed by atoms with Crippen molar-refractivity contribution in [3.8, 4) is 5.69 Å². The van der Waals surface area contributed by atoms with Gasteiger partial charge in [0.2, 0.25) is 5.91 Å². The largest absolute Gasteiger partial charge is 0.323 e. The van der Waals surface area contributed by atoms with Crippen LogP contribution in [-0.2, 0) is 4.79 Å². The summed E-state index contributed by atoms with van der Waals surface area (Å²) in [6, 6.07) is 14.7. The first kappa shape index (κ1) is 19.8. The van der Waals surface area contributed by atoms with Gasteiger partial charge < -0.3 is 5.32 Å². The van der Waals surface area contributed by atoms with Crippen LogP contribution < -0.4 is 10.9 Å². The minimum atomic E-state index is -0.530. The standard InChI is InChI=1S/C21H20FN3O2S/c1-13-8-9-16(12-14(13)2)25-20(26)11-10-19(24-25)28-15(3)21(27)23-18-7-5-4-6-17(18)22/h4-12,15H,1-3H3,(H,23,27)/t15-/m0/s1. The fourth-order valence-electron chi connectivity index (χ4n) is 2.53. The number of nitrogens with one attached hydrogen (secondary N) is 1. The molecule has 0 aliphatic carbocycles. The summed E-state index contributed by atoms with van der Waals surface area (Å²) in [6.45, 7) is 5.67. The first-order chi connectivity index (χ1) is 13.3. The predicted molar refractivity (Wildman–Crippen MR) is 110 cm³/mol. The summed E-state index contributed by atoms with van der Waals surface area (Å²) in [5.41, 5.74) is 2.73. The van der Waals surface area contributed by atoms with E-state index in [1.807, 2.05) is 32.0 Å². The Bertz CT molecular complexity index is 1080. The molecule has 0 spiro atoms. The maximum Gasteiger partial charge on any atom is 0.271 e. The molecule has 28 heavy (non-hydrogen) atoms. The number of benzene rings is 2. The third kappa shape index (κ3) is 4.48. The van der Waals surface area contributed by atoms with Gasteiger partial charge in [-0.05, 0) is 62.2 Å². The first-order valence-electron chi connectivity index (χ1n) is 8.75. The zero-order valence-electron chi connectivity index (χ0n) is 15.8. The van der Waals surface area contributed by atoms with Crippen LogP contribution in [0.2, 0.25) is 0 Å². The molecular formula is C21H20FN3O2S. The normalized spacial score (nSPS) is 11.9. The van der Waals surface area contributed by atoms with Crippen molar-refractivity contribution < 1.29 is 9.18 Å². The van der Waals surface area contributed by atoms with E-state index in [2.05, 4.69) is 10.4 Å². The van der Waals surface area contributed by atoms with Gasteiger partial charge in [-0.3, -0.25) is 9.59 Å². The minimum Gasteiger partial charge on any atom is -0.323 e. The van der Waals surface area contributed by atoms with E-state index in [0.29, 0.717) is 10.7 Å². The number of thioether (sulfide) groups is 1. The van der Waals surface area contributed by atoms with E-state index in [-0.39, 0.29) is 17.2 Å². The van der Waals surface area contributed by atoms with Gasteiger partial charge in [0.1, 0.15) is 10.8 Å². The number of aryl methyl sites for hydroxylation is 2. The number of carbonyl (C=O) groups is 1. The summed E-state index contributed by atoms with van der Waals surface area (Å²) in [5, 5.41) is 6.94. The van der Waals surface area contributed by atoms with E-state index in [4.69, 9.17) is 0 Å². The summed E-state index contributed by atoms with van der Waals surface area (Å²) in [6.07, 6.45) is 0. The van der Waals surface area contributed by atoms with Crippen molar-refractivity contribution in [3.63, 3.8) is 0 Å². The average molecular weight is 397 g/mol. The predicted octanol–water partition coefficient (Wildman–Crippen LogP) is 4.11. The van der Waals surface area contributed by atoms with Crippen LogP contribution in [0.4, 0.5) is 10.1 Å². The molecule has 0 aliphatic heterocycles. The number of halogens is 1. The molecule has 0 aliphatic rings. The lowest BCUT2D eigenvalue weighted by atomic mass is 10.1. The fraction of sp³-hybridized carbons (Fsp3) is 0.190. The molecule has 1 heterocycles. The van der Waals surface area contributed by atoms with E-state index in [0.717, 1.165) is 11.1 Å². The summed E-state index contributed by atoms with van der Waals surface area (Å²) in [5.74, 6) is -0.838. The molecule has 3 aromatic rings.